The fourth-order valence-corrected chi connectivity index (χ4v) is 5.74. The van der Waals surface area contributed by atoms with Crippen LogP contribution in [-0.2, 0) is 27.3 Å². The van der Waals surface area contributed by atoms with Gasteiger partial charge in [-0.1, -0.05) is 110 Å². The van der Waals surface area contributed by atoms with E-state index >= 15 is 0 Å². The molecule has 0 N–H and O–H groups in total. The molecule has 41 heavy (non-hydrogen) atoms. The van der Waals surface area contributed by atoms with Crippen molar-refractivity contribution in [2.75, 3.05) is 0 Å². The third-order valence-electron chi connectivity index (χ3n) is 8.08. The van der Waals surface area contributed by atoms with E-state index in [1.807, 2.05) is 0 Å². The summed E-state index contributed by atoms with van der Waals surface area (Å²) in [6, 6.07) is 17.9. The summed E-state index contributed by atoms with van der Waals surface area (Å²) >= 11 is 1.62. The van der Waals surface area contributed by atoms with Crippen molar-refractivity contribution in [2.24, 2.45) is 0 Å². The van der Waals surface area contributed by atoms with Crippen molar-refractivity contribution < 1.29 is 19.1 Å². The summed E-state index contributed by atoms with van der Waals surface area (Å²) in [7, 11) is 0. The van der Waals surface area contributed by atoms with Gasteiger partial charge in [-0.3, -0.25) is 0 Å². The predicted molar refractivity (Wildman–Crippen MR) is 177 cm³/mol. The molecule has 3 rings (SSSR count). The Labute approximate surface area is 259 Å². The molecule has 0 fully saturated rings. The van der Waals surface area contributed by atoms with Gasteiger partial charge in [0.25, 0.3) is 0 Å². The molecule has 0 aliphatic carbocycles. The average Bonchev–Trinajstić information content (AvgIpc) is 3.27. The number of hydrogen-bond donors (Lipinski definition) is 0. The molecule has 0 atom stereocenters. The molecule has 0 spiro atoms. The SMILES string of the molecule is CCCCCCCCc1ccc(C2=C(CCCC)C(CCCCCC)=C(c3cccc(CC)c3)[N+]2=[N-])cc1.[CH3][Ni][CH3]. The van der Waals surface area contributed by atoms with Crippen molar-refractivity contribution in [1.82, 2.24) is 0 Å². The zero-order chi connectivity index (χ0) is 29.9. The Morgan fingerprint density at radius 1 is 0.561 bits per heavy atom. The van der Waals surface area contributed by atoms with Gasteiger partial charge in [-0.05, 0) is 80.3 Å². The Balaban J connectivity index is 0.00000187. The van der Waals surface area contributed by atoms with E-state index in [1.165, 1.54) is 91.2 Å². The zero-order valence-electron chi connectivity index (χ0n) is 27.1. The normalized spacial score (nSPS) is 13.3. The van der Waals surface area contributed by atoms with Gasteiger partial charge >= 0.3 is 26.2 Å². The van der Waals surface area contributed by atoms with E-state index in [9.17, 15) is 5.53 Å². The Bertz CT molecular complexity index is 1090. The molecule has 1 heterocycles. The minimum absolute atomic E-state index is 1.00. The Hall–Kier alpha value is -1.99. The van der Waals surface area contributed by atoms with Crippen molar-refractivity contribution in [3.05, 3.63) is 87.5 Å². The summed E-state index contributed by atoms with van der Waals surface area (Å²) in [5.74, 6) is 4.12. The summed E-state index contributed by atoms with van der Waals surface area (Å²) in [4.78, 5) is 0. The van der Waals surface area contributed by atoms with E-state index in [0.29, 0.717) is 0 Å². The van der Waals surface area contributed by atoms with Crippen molar-refractivity contribution in [1.29, 1.82) is 0 Å². The molecular weight excluding hydrogens is 543 g/mol. The number of benzene rings is 2. The summed E-state index contributed by atoms with van der Waals surface area (Å²) < 4.78 is 1.54. The molecule has 0 unspecified atom stereocenters. The molecule has 0 aromatic heterocycles. The second-order valence-electron chi connectivity index (χ2n) is 11.5. The topological polar surface area (TPSA) is 25.3 Å². The van der Waals surface area contributed by atoms with Crippen molar-refractivity contribution in [2.45, 2.75) is 142 Å². The van der Waals surface area contributed by atoms with Crippen LogP contribution in [0.25, 0.3) is 16.9 Å². The molecule has 1 aliphatic rings. The molecule has 2 nitrogen and oxygen atoms in total. The van der Waals surface area contributed by atoms with Crippen LogP contribution in [0, 0.1) is 0 Å². The van der Waals surface area contributed by atoms with E-state index in [0.717, 1.165) is 61.0 Å². The molecule has 2 aromatic carbocycles. The van der Waals surface area contributed by atoms with Gasteiger partial charge in [0.05, 0.1) is 0 Å². The quantitative estimate of drug-likeness (QED) is 0.0923. The van der Waals surface area contributed by atoms with Gasteiger partial charge in [-0.2, -0.15) is 0 Å². The zero-order valence-corrected chi connectivity index (χ0v) is 28.1. The maximum absolute atomic E-state index is 11.8. The van der Waals surface area contributed by atoms with E-state index in [-0.39, 0.29) is 0 Å². The molecule has 0 saturated carbocycles. The number of aryl methyl sites for hydroxylation is 2. The predicted octanol–water partition coefficient (Wildman–Crippen LogP) is 12.6. The summed E-state index contributed by atoms with van der Waals surface area (Å²) in [6.45, 7) is 9.01. The van der Waals surface area contributed by atoms with Gasteiger partial charge in [0, 0.05) is 22.3 Å². The van der Waals surface area contributed by atoms with Crippen LogP contribution in [0.5, 0.6) is 0 Å². The molecule has 0 radical (unpaired) electrons. The van der Waals surface area contributed by atoms with Crippen LogP contribution in [0.4, 0.5) is 0 Å². The number of hydrogen-bond acceptors (Lipinski definition) is 0. The molecule has 0 bridgehead atoms. The summed E-state index contributed by atoms with van der Waals surface area (Å²) in [5.41, 5.74) is 21.5. The Kier molecular flexibility index (Phi) is 17.9. The van der Waals surface area contributed by atoms with E-state index in [2.05, 4.69) is 88.0 Å². The second-order valence-corrected chi connectivity index (χ2v) is 12.5. The van der Waals surface area contributed by atoms with E-state index in [1.54, 1.807) is 14.4 Å². The van der Waals surface area contributed by atoms with Gasteiger partial charge in [-0.25, -0.2) is 4.70 Å². The molecule has 3 heteroatoms. The third-order valence-corrected chi connectivity index (χ3v) is 8.08. The van der Waals surface area contributed by atoms with E-state index in [4.69, 9.17) is 0 Å². The first-order valence-corrected chi connectivity index (χ1v) is 18.4. The van der Waals surface area contributed by atoms with Crippen LogP contribution in [-0.4, -0.2) is 4.70 Å². The van der Waals surface area contributed by atoms with Crippen LogP contribution in [0.15, 0.2) is 59.7 Å². The number of unbranched alkanes of at least 4 members (excludes halogenated alkanes) is 9. The van der Waals surface area contributed by atoms with Crippen LogP contribution in [0.3, 0.4) is 0 Å². The van der Waals surface area contributed by atoms with Gasteiger partial charge in [-0.15, -0.1) is 0 Å². The van der Waals surface area contributed by atoms with Crippen LogP contribution >= 0.6 is 0 Å². The maximum atomic E-state index is 11.8. The third kappa shape index (κ3) is 11.3. The number of rotatable bonds is 18. The second kappa shape index (κ2) is 20.8. The first-order chi connectivity index (χ1) is 20.1. The minimum atomic E-state index is 1.00. The monoisotopic (exact) mass is 600 g/mol. The summed E-state index contributed by atoms with van der Waals surface area (Å²) in [5, 5.41) is 0. The summed E-state index contributed by atoms with van der Waals surface area (Å²) in [6.07, 6.45) is 19.4. The van der Waals surface area contributed by atoms with Gasteiger partial charge in [0.1, 0.15) is 0 Å². The van der Waals surface area contributed by atoms with Gasteiger partial charge in [0.2, 0.25) is 11.4 Å². The van der Waals surface area contributed by atoms with Crippen LogP contribution in [0.2, 0.25) is 11.8 Å². The Morgan fingerprint density at radius 2 is 1.07 bits per heavy atom. The molecule has 0 amide bonds. The Morgan fingerprint density at radius 3 is 1.68 bits per heavy atom. The molecule has 0 saturated heterocycles. The van der Waals surface area contributed by atoms with Gasteiger partial charge < -0.3 is 5.53 Å². The molecule has 2 aromatic rings. The number of allylic oxidation sites excluding steroid dienone is 2. The van der Waals surface area contributed by atoms with Gasteiger partial charge in [0.15, 0.2) is 0 Å². The van der Waals surface area contributed by atoms with Crippen molar-refractivity contribution in [3.63, 3.8) is 0 Å². The standard InChI is InChI=1S/C36H52N2.2CH3.Ni/c1-5-9-12-14-15-16-19-30-24-26-31(27-25-30)35-33(22-11-7-3)34(23-17-13-10-6-2)36(38(35)37)32-21-18-20-29(8-4)28-32;;;/h18,20-21,24-28H,5-17,19,22-23H2,1-4H3;2*1H3;. The first kappa shape index (κ1) is 35.2. The molecule has 230 valence electrons. The molecule has 1 aliphatic heterocycles. The van der Waals surface area contributed by atoms with Crippen LogP contribution in [0.1, 0.15) is 140 Å². The van der Waals surface area contributed by atoms with E-state index < -0.39 is 0 Å². The molecular formula is C38H58N2Ni. The fraction of sp³-hybridized carbons (Fsp3) is 0.579. The van der Waals surface area contributed by atoms with Crippen molar-refractivity contribution >= 4 is 11.4 Å². The average molecular weight is 602 g/mol. The fourth-order valence-electron chi connectivity index (χ4n) is 5.74. The van der Waals surface area contributed by atoms with Crippen molar-refractivity contribution in [3.8, 4) is 0 Å². The first-order valence-electron chi connectivity index (χ1n) is 16.4. The van der Waals surface area contributed by atoms with Crippen LogP contribution < -0.4 is 0 Å². The number of nitrogens with zero attached hydrogens (tertiary/aromatic N) is 2.